The number of hydrogen-bond acceptors (Lipinski definition) is 4. The van der Waals surface area contributed by atoms with Crippen LogP contribution in [0.25, 0.3) is 10.8 Å². The molecule has 0 saturated carbocycles. The highest BCUT2D eigenvalue weighted by Crippen LogP contribution is 2.28. The van der Waals surface area contributed by atoms with Crippen LogP contribution in [0.1, 0.15) is 10.4 Å². The van der Waals surface area contributed by atoms with Crippen molar-refractivity contribution in [1.82, 2.24) is 0 Å². The summed E-state index contributed by atoms with van der Waals surface area (Å²) in [4.78, 5) is 11.8. The lowest BCUT2D eigenvalue weighted by atomic mass is 10.0. The van der Waals surface area contributed by atoms with Crippen LogP contribution in [0, 0.1) is 11.3 Å². The van der Waals surface area contributed by atoms with Crippen LogP contribution in [0.3, 0.4) is 0 Å². The van der Waals surface area contributed by atoms with Crippen LogP contribution in [-0.4, -0.2) is 19.7 Å². The number of rotatable bonds is 3. The van der Waals surface area contributed by atoms with E-state index in [9.17, 15) is 4.79 Å². The fourth-order valence-corrected chi connectivity index (χ4v) is 1.80. The van der Waals surface area contributed by atoms with E-state index >= 15 is 0 Å². The van der Waals surface area contributed by atoms with Gasteiger partial charge in [-0.15, -0.1) is 0 Å². The summed E-state index contributed by atoms with van der Waals surface area (Å²) in [6, 6.07) is 12.5. The van der Waals surface area contributed by atoms with Gasteiger partial charge >= 0.3 is 5.97 Å². The molecule has 0 aliphatic rings. The SMILES string of the molecule is COc1ccc(C(=O)OCC#N)c2ccccc12. The zero-order chi connectivity index (χ0) is 13.0. The topological polar surface area (TPSA) is 59.3 Å². The summed E-state index contributed by atoms with van der Waals surface area (Å²) in [6.07, 6.45) is 0. The van der Waals surface area contributed by atoms with E-state index in [0.717, 1.165) is 10.8 Å². The highest BCUT2D eigenvalue weighted by atomic mass is 16.5. The lowest BCUT2D eigenvalue weighted by molar-refractivity contribution is 0.0557. The molecule has 90 valence electrons. The molecule has 2 rings (SSSR count). The van der Waals surface area contributed by atoms with Crippen LogP contribution < -0.4 is 4.74 Å². The average Bonchev–Trinajstić information content (AvgIpc) is 2.43. The monoisotopic (exact) mass is 241 g/mol. The van der Waals surface area contributed by atoms with E-state index in [1.54, 1.807) is 25.3 Å². The van der Waals surface area contributed by atoms with Gasteiger partial charge in [0, 0.05) is 5.39 Å². The minimum atomic E-state index is -0.504. The number of hydrogen-bond donors (Lipinski definition) is 0. The molecular formula is C14H11NO3. The molecular weight excluding hydrogens is 230 g/mol. The fraction of sp³-hybridized carbons (Fsp3) is 0.143. The molecule has 0 saturated heterocycles. The molecule has 0 aliphatic heterocycles. The Morgan fingerprint density at radius 1 is 1.22 bits per heavy atom. The second kappa shape index (κ2) is 5.19. The van der Waals surface area contributed by atoms with Crippen molar-refractivity contribution in [1.29, 1.82) is 5.26 Å². The van der Waals surface area contributed by atoms with Crippen molar-refractivity contribution in [2.45, 2.75) is 0 Å². The molecule has 2 aromatic rings. The van der Waals surface area contributed by atoms with E-state index in [-0.39, 0.29) is 6.61 Å². The molecule has 0 heterocycles. The Kier molecular flexibility index (Phi) is 3.44. The van der Waals surface area contributed by atoms with Crippen LogP contribution >= 0.6 is 0 Å². The van der Waals surface area contributed by atoms with Gasteiger partial charge in [-0.1, -0.05) is 24.3 Å². The van der Waals surface area contributed by atoms with Gasteiger partial charge in [-0.25, -0.2) is 4.79 Å². The summed E-state index contributed by atoms with van der Waals surface area (Å²) in [5.41, 5.74) is 0.432. The van der Waals surface area contributed by atoms with Crippen molar-refractivity contribution in [2.24, 2.45) is 0 Å². The Morgan fingerprint density at radius 2 is 1.94 bits per heavy atom. The fourth-order valence-electron chi connectivity index (χ4n) is 1.80. The second-order valence-electron chi connectivity index (χ2n) is 3.60. The van der Waals surface area contributed by atoms with Crippen LogP contribution in [0.2, 0.25) is 0 Å². The molecule has 0 unspecified atom stereocenters. The molecule has 0 bridgehead atoms. The summed E-state index contributed by atoms with van der Waals surface area (Å²) in [5.74, 6) is 0.192. The maximum atomic E-state index is 11.8. The molecule has 4 nitrogen and oxygen atoms in total. The Labute approximate surface area is 104 Å². The van der Waals surface area contributed by atoms with Gasteiger partial charge in [0.25, 0.3) is 0 Å². The van der Waals surface area contributed by atoms with Crippen molar-refractivity contribution in [2.75, 3.05) is 13.7 Å². The van der Waals surface area contributed by atoms with Crippen molar-refractivity contribution < 1.29 is 14.3 Å². The van der Waals surface area contributed by atoms with Gasteiger partial charge in [0.2, 0.25) is 0 Å². The number of esters is 1. The number of fused-ring (bicyclic) bond motifs is 1. The first-order valence-corrected chi connectivity index (χ1v) is 5.37. The smallest absolute Gasteiger partial charge is 0.339 e. The third kappa shape index (κ3) is 2.11. The van der Waals surface area contributed by atoms with Crippen LogP contribution in [0.5, 0.6) is 5.75 Å². The number of methoxy groups -OCH3 is 1. The normalized spacial score (nSPS) is 9.78. The Balaban J connectivity index is 2.53. The number of carbonyl (C=O) groups is 1. The van der Waals surface area contributed by atoms with E-state index in [2.05, 4.69) is 0 Å². The van der Waals surface area contributed by atoms with Gasteiger partial charge < -0.3 is 9.47 Å². The minimum absolute atomic E-state index is 0.251. The Bertz CT molecular complexity index is 628. The molecule has 0 amide bonds. The van der Waals surface area contributed by atoms with E-state index in [1.165, 1.54) is 0 Å². The van der Waals surface area contributed by atoms with E-state index in [4.69, 9.17) is 14.7 Å². The molecule has 0 aromatic heterocycles. The second-order valence-corrected chi connectivity index (χ2v) is 3.60. The highest BCUT2D eigenvalue weighted by molar-refractivity contribution is 6.06. The van der Waals surface area contributed by atoms with E-state index in [1.807, 2.05) is 24.3 Å². The van der Waals surface area contributed by atoms with E-state index < -0.39 is 5.97 Å². The lowest BCUT2D eigenvalue weighted by Gasteiger charge is -2.09. The van der Waals surface area contributed by atoms with Gasteiger partial charge in [0.1, 0.15) is 11.8 Å². The van der Waals surface area contributed by atoms with E-state index in [0.29, 0.717) is 11.3 Å². The molecule has 0 aliphatic carbocycles. The Morgan fingerprint density at radius 3 is 2.61 bits per heavy atom. The first kappa shape index (κ1) is 11.9. The largest absolute Gasteiger partial charge is 0.496 e. The summed E-state index contributed by atoms with van der Waals surface area (Å²) >= 11 is 0. The molecule has 0 N–H and O–H groups in total. The van der Waals surface area contributed by atoms with Gasteiger partial charge in [-0.2, -0.15) is 5.26 Å². The molecule has 2 aromatic carbocycles. The number of carbonyl (C=O) groups excluding carboxylic acids is 1. The third-order valence-corrected chi connectivity index (χ3v) is 2.59. The number of nitrogens with zero attached hydrogens (tertiary/aromatic N) is 1. The molecule has 0 fully saturated rings. The summed E-state index contributed by atoms with van der Waals surface area (Å²) in [6.45, 7) is -0.251. The Hall–Kier alpha value is -2.54. The molecule has 0 spiro atoms. The average molecular weight is 241 g/mol. The van der Waals surface area contributed by atoms with Gasteiger partial charge in [-0.05, 0) is 17.5 Å². The first-order chi connectivity index (χ1) is 8.77. The maximum absolute atomic E-state index is 11.8. The zero-order valence-electron chi connectivity index (χ0n) is 9.84. The van der Waals surface area contributed by atoms with Crippen LogP contribution in [0.15, 0.2) is 36.4 Å². The lowest BCUT2D eigenvalue weighted by Crippen LogP contribution is -2.06. The molecule has 4 heteroatoms. The number of benzene rings is 2. The molecule has 0 radical (unpaired) electrons. The van der Waals surface area contributed by atoms with Crippen LogP contribution in [-0.2, 0) is 4.74 Å². The minimum Gasteiger partial charge on any atom is -0.496 e. The van der Waals surface area contributed by atoms with Gasteiger partial charge in [0.05, 0.1) is 12.7 Å². The quantitative estimate of drug-likeness (QED) is 0.775. The zero-order valence-corrected chi connectivity index (χ0v) is 9.84. The van der Waals surface area contributed by atoms with Crippen molar-refractivity contribution in [3.05, 3.63) is 42.0 Å². The highest BCUT2D eigenvalue weighted by Gasteiger charge is 2.13. The van der Waals surface area contributed by atoms with Gasteiger partial charge in [-0.3, -0.25) is 0 Å². The van der Waals surface area contributed by atoms with Crippen molar-refractivity contribution in [3.8, 4) is 11.8 Å². The molecule has 0 atom stereocenters. The summed E-state index contributed by atoms with van der Waals surface area (Å²) in [5, 5.41) is 10.00. The predicted molar refractivity (Wildman–Crippen MR) is 66.4 cm³/mol. The maximum Gasteiger partial charge on any atom is 0.339 e. The predicted octanol–water partition coefficient (Wildman–Crippen LogP) is 2.53. The third-order valence-electron chi connectivity index (χ3n) is 2.59. The van der Waals surface area contributed by atoms with Crippen LogP contribution in [0.4, 0.5) is 0 Å². The van der Waals surface area contributed by atoms with Gasteiger partial charge in [0.15, 0.2) is 6.61 Å². The first-order valence-electron chi connectivity index (χ1n) is 5.37. The van der Waals surface area contributed by atoms with Crippen molar-refractivity contribution >= 4 is 16.7 Å². The number of ether oxygens (including phenoxy) is 2. The standard InChI is InChI=1S/C14H11NO3/c1-17-13-7-6-12(14(16)18-9-8-15)10-4-2-3-5-11(10)13/h2-7H,9H2,1H3. The molecule has 18 heavy (non-hydrogen) atoms. The summed E-state index contributed by atoms with van der Waals surface area (Å²) in [7, 11) is 1.58. The van der Waals surface area contributed by atoms with Crippen molar-refractivity contribution in [3.63, 3.8) is 0 Å². The summed E-state index contributed by atoms with van der Waals surface area (Å²) < 4.78 is 10.1. The number of nitriles is 1.